The highest BCUT2D eigenvalue weighted by molar-refractivity contribution is 5.99. The Labute approximate surface area is 136 Å². The Morgan fingerprint density at radius 3 is 2.52 bits per heavy atom. The molecule has 0 saturated carbocycles. The molecule has 0 fully saturated rings. The van der Waals surface area contributed by atoms with E-state index in [1.54, 1.807) is 18.2 Å². The van der Waals surface area contributed by atoms with E-state index in [-0.39, 0.29) is 0 Å². The summed E-state index contributed by atoms with van der Waals surface area (Å²) in [7, 11) is 0. The van der Waals surface area contributed by atoms with Gasteiger partial charge in [0.25, 0.3) is 5.91 Å². The van der Waals surface area contributed by atoms with Gasteiger partial charge in [-0.25, -0.2) is 0 Å². The van der Waals surface area contributed by atoms with Crippen LogP contribution < -0.4 is 14.8 Å². The lowest BCUT2D eigenvalue weighted by Crippen LogP contribution is -2.38. The maximum Gasteiger partial charge on any atom is 0.325 e. The number of benzene rings is 1. The molecule has 0 spiro atoms. The Balaban J connectivity index is 2.93. The summed E-state index contributed by atoms with van der Waals surface area (Å²) in [6, 6.07) is 3.98. The summed E-state index contributed by atoms with van der Waals surface area (Å²) in [5.41, 5.74) is 0.304. The van der Waals surface area contributed by atoms with Crippen molar-refractivity contribution in [1.82, 2.24) is 5.32 Å². The van der Waals surface area contributed by atoms with Crippen molar-refractivity contribution in [3.8, 4) is 11.5 Å². The second-order valence-electron chi connectivity index (χ2n) is 5.24. The van der Waals surface area contributed by atoms with E-state index in [9.17, 15) is 9.59 Å². The van der Waals surface area contributed by atoms with E-state index < -0.39 is 17.9 Å². The van der Waals surface area contributed by atoms with E-state index in [1.165, 1.54) is 6.92 Å². The molecule has 23 heavy (non-hydrogen) atoms. The summed E-state index contributed by atoms with van der Waals surface area (Å²) in [6.07, 6.45) is 2.72. The second-order valence-corrected chi connectivity index (χ2v) is 5.24. The van der Waals surface area contributed by atoms with Crippen molar-refractivity contribution in [2.45, 2.75) is 46.1 Å². The zero-order chi connectivity index (χ0) is 17.2. The number of aliphatic carboxylic acids is 1. The van der Waals surface area contributed by atoms with Gasteiger partial charge < -0.3 is 19.9 Å². The number of hydrogen-bond donors (Lipinski definition) is 2. The molecule has 128 valence electrons. The summed E-state index contributed by atoms with van der Waals surface area (Å²) in [5, 5.41) is 11.3. The van der Waals surface area contributed by atoms with Crippen LogP contribution in [0.2, 0.25) is 0 Å². The molecule has 0 unspecified atom stereocenters. The maximum atomic E-state index is 12.2. The van der Waals surface area contributed by atoms with Crippen LogP contribution in [0.4, 0.5) is 0 Å². The highest BCUT2D eigenvalue weighted by Gasteiger charge is 2.19. The molecule has 0 aliphatic rings. The normalized spacial score (nSPS) is 11.6. The molecule has 0 heterocycles. The smallest absolute Gasteiger partial charge is 0.325 e. The highest BCUT2D eigenvalue weighted by atomic mass is 16.5. The number of carboxylic acids is 1. The van der Waals surface area contributed by atoms with Gasteiger partial charge in [0.1, 0.15) is 17.5 Å². The molecule has 0 saturated heterocycles. The molecule has 1 amide bonds. The summed E-state index contributed by atoms with van der Waals surface area (Å²) in [6.45, 7) is 6.54. The topological polar surface area (TPSA) is 84.9 Å². The van der Waals surface area contributed by atoms with Gasteiger partial charge in [0.15, 0.2) is 0 Å². The van der Waals surface area contributed by atoms with Crippen molar-refractivity contribution in [3.05, 3.63) is 23.8 Å². The molecular weight excluding hydrogens is 298 g/mol. The van der Waals surface area contributed by atoms with Crippen LogP contribution in [0.1, 0.15) is 50.4 Å². The Kier molecular flexibility index (Phi) is 7.94. The van der Waals surface area contributed by atoms with Gasteiger partial charge in [-0.05, 0) is 31.9 Å². The van der Waals surface area contributed by atoms with Crippen LogP contribution >= 0.6 is 0 Å². The van der Waals surface area contributed by atoms with E-state index in [4.69, 9.17) is 14.6 Å². The Bertz CT molecular complexity index is 530. The van der Waals surface area contributed by atoms with Crippen molar-refractivity contribution in [3.63, 3.8) is 0 Å². The molecule has 1 atom stereocenters. The van der Waals surface area contributed by atoms with Gasteiger partial charge in [-0.15, -0.1) is 0 Å². The summed E-state index contributed by atoms with van der Waals surface area (Å²) in [4.78, 5) is 23.1. The largest absolute Gasteiger partial charge is 0.493 e. The van der Waals surface area contributed by atoms with E-state index in [1.807, 2.05) is 13.8 Å². The molecule has 6 heteroatoms. The van der Waals surface area contributed by atoms with Gasteiger partial charge in [0.2, 0.25) is 0 Å². The van der Waals surface area contributed by atoms with Crippen molar-refractivity contribution in [2.24, 2.45) is 0 Å². The number of carbonyl (C=O) groups excluding carboxylic acids is 1. The molecule has 0 bridgehead atoms. The Morgan fingerprint density at radius 1 is 1.17 bits per heavy atom. The maximum absolute atomic E-state index is 12.2. The zero-order valence-electron chi connectivity index (χ0n) is 13.9. The second kappa shape index (κ2) is 9.71. The minimum atomic E-state index is -1.09. The first-order valence-corrected chi connectivity index (χ1v) is 7.92. The summed E-state index contributed by atoms with van der Waals surface area (Å²) < 4.78 is 11.2. The number of unbranched alkanes of at least 4 members (excludes halogenated alkanes) is 1. The first-order chi connectivity index (χ1) is 11.0. The fraction of sp³-hybridized carbons (Fsp3) is 0.529. The van der Waals surface area contributed by atoms with Gasteiger partial charge in [-0.3, -0.25) is 9.59 Å². The molecule has 1 rings (SSSR count). The predicted octanol–water partition coefficient (Wildman–Crippen LogP) is 2.86. The van der Waals surface area contributed by atoms with E-state index in [0.717, 1.165) is 19.3 Å². The number of hydrogen-bond acceptors (Lipinski definition) is 4. The lowest BCUT2D eigenvalue weighted by atomic mass is 10.1. The predicted molar refractivity (Wildman–Crippen MR) is 87.2 cm³/mol. The molecule has 2 N–H and O–H groups in total. The molecule has 0 aromatic heterocycles. The van der Waals surface area contributed by atoms with Crippen molar-refractivity contribution < 1.29 is 24.2 Å². The van der Waals surface area contributed by atoms with Gasteiger partial charge in [0, 0.05) is 6.07 Å². The van der Waals surface area contributed by atoms with Crippen LogP contribution in [-0.2, 0) is 4.79 Å². The third kappa shape index (κ3) is 6.18. The fourth-order valence-corrected chi connectivity index (χ4v) is 1.78. The first kappa shape index (κ1) is 18.8. The molecule has 1 aromatic rings. The lowest BCUT2D eigenvalue weighted by Gasteiger charge is -2.15. The van der Waals surface area contributed by atoms with Gasteiger partial charge in [-0.1, -0.05) is 20.3 Å². The molecule has 0 aliphatic carbocycles. The molecule has 1 aromatic carbocycles. The lowest BCUT2D eigenvalue weighted by molar-refractivity contribution is -0.138. The number of carbonyl (C=O) groups is 2. The monoisotopic (exact) mass is 323 g/mol. The fourth-order valence-electron chi connectivity index (χ4n) is 1.78. The average Bonchev–Trinajstić information content (AvgIpc) is 2.53. The standard InChI is InChI=1S/C17H25NO5/c1-4-6-10-23-15-11-13(22-9-5-2)7-8-14(15)16(19)18-12(3)17(20)21/h7-8,11-12H,4-6,9-10H2,1-3H3,(H,18,19)(H,20,21)/t12-/m1/s1. The van der Waals surface area contributed by atoms with Gasteiger partial charge >= 0.3 is 5.97 Å². The quantitative estimate of drug-likeness (QED) is 0.647. The summed E-state index contributed by atoms with van der Waals surface area (Å²) >= 11 is 0. The van der Waals surface area contributed by atoms with Crippen LogP contribution in [0.3, 0.4) is 0 Å². The third-order valence-electron chi connectivity index (χ3n) is 3.14. The van der Waals surface area contributed by atoms with Crippen LogP contribution in [0.15, 0.2) is 18.2 Å². The van der Waals surface area contributed by atoms with Crippen LogP contribution in [0.5, 0.6) is 11.5 Å². The van der Waals surface area contributed by atoms with Gasteiger partial charge in [0.05, 0.1) is 18.8 Å². The summed E-state index contributed by atoms with van der Waals surface area (Å²) in [5.74, 6) is -0.536. The van der Waals surface area contributed by atoms with Crippen LogP contribution in [0, 0.1) is 0 Å². The number of amides is 1. The average molecular weight is 323 g/mol. The first-order valence-electron chi connectivity index (χ1n) is 7.92. The van der Waals surface area contributed by atoms with Gasteiger partial charge in [-0.2, -0.15) is 0 Å². The number of rotatable bonds is 10. The number of carboxylic acid groups (broad SMARTS) is 1. The van der Waals surface area contributed by atoms with Crippen molar-refractivity contribution >= 4 is 11.9 Å². The minimum Gasteiger partial charge on any atom is -0.493 e. The Morgan fingerprint density at radius 2 is 1.91 bits per heavy atom. The molecular formula is C17H25NO5. The third-order valence-corrected chi connectivity index (χ3v) is 3.14. The van der Waals surface area contributed by atoms with E-state index in [2.05, 4.69) is 5.32 Å². The zero-order valence-corrected chi connectivity index (χ0v) is 13.9. The molecule has 6 nitrogen and oxygen atoms in total. The number of nitrogens with one attached hydrogen (secondary N) is 1. The van der Waals surface area contributed by atoms with Crippen LogP contribution in [-0.4, -0.2) is 36.2 Å². The number of ether oxygens (including phenoxy) is 2. The van der Waals surface area contributed by atoms with Crippen molar-refractivity contribution in [2.75, 3.05) is 13.2 Å². The van der Waals surface area contributed by atoms with E-state index >= 15 is 0 Å². The van der Waals surface area contributed by atoms with E-state index in [0.29, 0.717) is 30.3 Å². The Hall–Kier alpha value is -2.24. The van der Waals surface area contributed by atoms with Crippen molar-refractivity contribution in [1.29, 1.82) is 0 Å². The SMILES string of the molecule is CCCCOc1cc(OCCC)ccc1C(=O)N[C@H](C)C(=O)O. The molecule has 0 radical (unpaired) electrons. The highest BCUT2D eigenvalue weighted by Crippen LogP contribution is 2.25. The van der Waals surface area contributed by atoms with Crippen LogP contribution in [0.25, 0.3) is 0 Å². The molecule has 0 aliphatic heterocycles. The minimum absolute atomic E-state index is 0.304.